The third kappa shape index (κ3) is 8.24. The van der Waals surface area contributed by atoms with E-state index in [2.05, 4.69) is 66.3 Å². The standard InChI is InChI=1S/C33H42BrNO6Si/c1-23(21-35-31(37)41-32(2,3)4)40-29-27(30(36)38-8)19-24(20-28(29)34)22-39-42(33(5,6)7,25-15-11-9-12-16-25)26-17-13-10-14-18-26/h9-20,23H,21-22H2,1-8H3,(H,35,37)/t23-/m1/s1. The first-order chi connectivity index (χ1) is 19.7. The van der Waals surface area contributed by atoms with Gasteiger partial charge in [0.05, 0.1) is 24.7 Å². The Kier molecular flexibility index (Phi) is 11.0. The normalized spacial score (nSPS) is 12.8. The lowest BCUT2D eigenvalue weighted by Crippen LogP contribution is -2.66. The van der Waals surface area contributed by atoms with Gasteiger partial charge in [-0.05, 0) is 76.7 Å². The summed E-state index contributed by atoms with van der Waals surface area (Å²) >= 11 is 3.60. The molecule has 0 fully saturated rings. The second-order valence-electron chi connectivity index (χ2n) is 12.2. The number of alkyl carbamates (subject to hydrolysis) is 1. The average molecular weight is 657 g/mol. The second-order valence-corrected chi connectivity index (χ2v) is 17.4. The summed E-state index contributed by atoms with van der Waals surface area (Å²) < 4.78 is 24.2. The van der Waals surface area contributed by atoms with Crippen LogP contribution in [0.5, 0.6) is 5.75 Å². The van der Waals surface area contributed by atoms with E-state index in [0.717, 1.165) is 5.56 Å². The van der Waals surface area contributed by atoms with E-state index in [1.807, 2.05) is 42.5 Å². The third-order valence-corrected chi connectivity index (χ3v) is 12.2. The van der Waals surface area contributed by atoms with Gasteiger partial charge in [0.25, 0.3) is 8.32 Å². The van der Waals surface area contributed by atoms with Gasteiger partial charge in [0.2, 0.25) is 0 Å². The van der Waals surface area contributed by atoms with E-state index < -0.39 is 32.1 Å². The van der Waals surface area contributed by atoms with Crippen LogP contribution < -0.4 is 20.4 Å². The minimum Gasteiger partial charge on any atom is -0.487 e. The molecule has 3 aromatic carbocycles. The number of carbonyl (C=O) groups is 2. The molecule has 1 N–H and O–H groups in total. The van der Waals surface area contributed by atoms with Crippen molar-refractivity contribution in [3.63, 3.8) is 0 Å². The maximum absolute atomic E-state index is 12.9. The number of carbonyl (C=O) groups excluding carboxylic acids is 2. The van der Waals surface area contributed by atoms with Crippen LogP contribution in [0.25, 0.3) is 0 Å². The molecule has 1 amide bonds. The number of benzene rings is 3. The number of ether oxygens (including phenoxy) is 3. The van der Waals surface area contributed by atoms with Crippen LogP contribution in [0.15, 0.2) is 77.3 Å². The molecule has 0 spiro atoms. The van der Waals surface area contributed by atoms with E-state index >= 15 is 0 Å². The Morgan fingerprint density at radius 3 is 1.93 bits per heavy atom. The van der Waals surface area contributed by atoms with Crippen LogP contribution in [-0.2, 0) is 20.5 Å². The summed E-state index contributed by atoms with van der Waals surface area (Å²) in [5, 5.41) is 4.84. The zero-order valence-electron chi connectivity index (χ0n) is 25.7. The molecule has 7 nitrogen and oxygen atoms in total. The van der Waals surface area contributed by atoms with E-state index in [1.165, 1.54) is 17.5 Å². The highest BCUT2D eigenvalue weighted by Gasteiger charge is 2.50. The molecule has 0 saturated heterocycles. The van der Waals surface area contributed by atoms with Gasteiger partial charge in [-0.25, -0.2) is 9.59 Å². The summed E-state index contributed by atoms with van der Waals surface area (Å²) in [4.78, 5) is 25.0. The fourth-order valence-corrected chi connectivity index (χ4v) is 9.99. The number of esters is 1. The fourth-order valence-electron chi connectivity index (χ4n) is 4.85. The highest BCUT2D eigenvalue weighted by atomic mass is 79.9. The van der Waals surface area contributed by atoms with Gasteiger partial charge in [-0.1, -0.05) is 81.4 Å². The van der Waals surface area contributed by atoms with Crippen molar-refractivity contribution in [2.45, 2.75) is 71.8 Å². The van der Waals surface area contributed by atoms with Crippen LogP contribution in [0.1, 0.15) is 64.4 Å². The highest BCUT2D eigenvalue weighted by molar-refractivity contribution is 9.10. The number of methoxy groups -OCH3 is 1. The molecule has 0 radical (unpaired) electrons. The van der Waals surface area contributed by atoms with Crippen LogP contribution in [0.4, 0.5) is 4.79 Å². The molecule has 1 atom stereocenters. The van der Waals surface area contributed by atoms with E-state index in [-0.39, 0.29) is 23.8 Å². The van der Waals surface area contributed by atoms with Crippen molar-refractivity contribution in [1.82, 2.24) is 5.32 Å². The van der Waals surface area contributed by atoms with Gasteiger partial charge in [-0.15, -0.1) is 0 Å². The number of halogens is 1. The quantitative estimate of drug-likeness (QED) is 0.196. The first-order valence-corrected chi connectivity index (χ1v) is 16.7. The summed E-state index contributed by atoms with van der Waals surface area (Å²) in [5.41, 5.74) is 0.445. The van der Waals surface area contributed by atoms with Crippen molar-refractivity contribution in [2.75, 3.05) is 13.7 Å². The summed E-state index contributed by atoms with van der Waals surface area (Å²) in [6, 6.07) is 24.4. The van der Waals surface area contributed by atoms with Crippen molar-refractivity contribution in [3.8, 4) is 5.75 Å². The van der Waals surface area contributed by atoms with Crippen molar-refractivity contribution in [1.29, 1.82) is 0 Å². The van der Waals surface area contributed by atoms with E-state index in [1.54, 1.807) is 33.8 Å². The van der Waals surface area contributed by atoms with Crippen LogP contribution in [0, 0.1) is 0 Å². The second kappa shape index (κ2) is 13.9. The lowest BCUT2D eigenvalue weighted by molar-refractivity contribution is 0.0498. The molecule has 0 saturated carbocycles. The van der Waals surface area contributed by atoms with Gasteiger partial charge < -0.3 is 24.0 Å². The SMILES string of the molecule is COC(=O)c1cc(CO[Si](c2ccccc2)(c2ccccc2)C(C)(C)C)cc(Br)c1O[C@H](C)CNC(=O)OC(C)(C)C. The van der Waals surface area contributed by atoms with Crippen molar-refractivity contribution in [2.24, 2.45) is 0 Å². The van der Waals surface area contributed by atoms with Crippen LogP contribution in [0.3, 0.4) is 0 Å². The fraction of sp³-hybridized carbons (Fsp3) is 0.394. The molecule has 42 heavy (non-hydrogen) atoms. The Hall–Kier alpha value is -3.14. The Morgan fingerprint density at radius 1 is 0.905 bits per heavy atom. The van der Waals surface area contributed by atoms with Crippen LogP contribution in [0.2, 0.25) is 5.04 Å². The van der Waals surface area contributed by atoms with Crippen molar-refractivity contribution < 1.29 is 28.2 Å². The lowest BCUT2D eigenvalue weighted by atomic mass is 10.1. The molecule has 0 aromatic heterocycles. The van der Waals surface area contributed by atoms with Crippen LogP contribution >= 0.6 is 15.9 Å². The maximum Gasteiger partial charge on any atom is 0.407 e. The third-order valence-electron chi connectivity index (χ3n) is 6.63. The smallest absolute Gasteiger partial charge is 0.407 e. The Balaban J connectivity index is 1.93. The number of rotatable bonds is 10. The average Bonchev–Trinajstić information content (AvgIpc) is 2.92. The van der Waals surface area contributed by atoms with Gasteiger partial charge in [0.1, 0.15) is 23.0 Å². The van der Waals surface area contributed by atoms with Gasteiger partial charge in [0, 0.05) is 0 Å². The highest BCUT2D eigenvalue weighted by Crippen LogP contribution is 2.38. The Morgan fingerprint density at radius 2 is 1.45 bits per heavy atom. The molecule has 0 aliphatic carbocycles. The van der Waals surface area contributed by atoms with E-state index in [4.69, 9.17) is 18.6 Å². The molecule has 3 aromatic rings. The number of amides is 1. The topological polar surface area (TPSA) is 83.1 Å². The van der Waals surface area contributed by atoms with E-state index in [9.17, 15) is 9.59 Å². The Labute approximate surface area is 259 Å². The minimum atomic E-state index is -2.80. The molecular formula is C33H42BrNO6Si. The molecule has 0 unspecified atom stereocenters. The molecule has 0 bridgehead atoms. The first kappa shape index (κ1) is 33.4. The Bertz CT molecular complexity index is 1310. The summed E-state index contributed by atoms with van der Waals surface area (Å²) in [6.45, 7) is 14.3. The molecule has 9 heteroatoms. The van der Waals surface area contributed by atoms with Gasteiger partial charge in [-0.2, -0.15) is 0 Å². The predicted octanol–water partition coefficient (Wildman–Crippen LogP) is 6.60. The molecular weight excluding hydrogens is 614 g/mol. The monoisotopic (exact) mass is 655 g/mol. The number of hydrogen-bond acceptors (Lipinski definition) is 6. The van der Waals surface area contributed by atoms with Crippen LogP contribution in [-0.4, -0.2) is 45.7 Å². The summed E-state index contributed by atoms with van der Waals surface area (Å²) in [5.74, 6) is -0.208. The molecule has 226 valence electrons. The number of nitrogens with one attached hydrogen (secondary N) is 1. The zero-order chi connectivity index (χ0) is 31.1. The first-order valence-electron chi connectivity index (χ1n) is 14.0. The molecule has 0 heterocycles. The summed E-state index contributed by atoms with van der Waals surface area (Å²) in [7, 11) is -1.46. The number of hydrogen-bond donors (Lipinski definition) is 1. The lowest BCUT2D eigenvalue weighted by Gasteiger charge is -2.43. The maximum atomic E-state index is 12.9. The van der Waals surface area contributed by atoms with Crippen molar-refractivity contribution >= 4 is 46.7 Å². The molecule has 0 aliphatic rings. The van der Waals surface area contributed by atoms with Gasteiger partial charge >= 0.3 is 12.1 Å². The predicted molar refractivity (Wildman–Crippen MR) is 172 cm³/mol. The largest absolute Gasteiger partial charge is 0.487 e. The van der Waals surface area contributed by atoms with E-state index in [0.29, 0.717) is 10.2 Å². The zero-order valence-corrected chi connectivity index (χ0v) is 28.3. The molecule has 3 rings (SSSR count). The summed E-state index contributed by atoms with van der Waals surface area (Å²) in [6.07, 6.45) is -1.00. The van der Waals surface area contributed by atoms with Gasteiger partial charge in [-0.3, -0.25) is 0 Å². The molecule has 0 aliphatic heterocycles. The minimum absolute atomic E-state index is 0.181. The van der Waals surface area contributed by atoms with Gasteiger partial charge in [0.15, 0.2) is 0 Å². The van der Waals surface area contributed by atoms with Crippen molar-refractivity contribution in [3.05, 3.63) is 88.4 Å².